The van der Waals surface area contributed by atoms with Crippen molar-refractivity contribution in [2.75, 3.05) is 15.9 Å². The number of anilines is 2. The molecule has 2 rings (SSSR count). The molecule has 2 aromatic carbocycles. The quantitative estimate of drug-likeness (QED) is 0.736. The molecule has 1 unspecified atom stereocenters. The van der Waals surface area contributed by atoms with Gasteiger partial charge in [0.15, 0.2) is 0 Å². The highest BCUT2D eigenvalue weighted by molar-refractivity contribution is 7.92. The van der Waals surface area contributed by atoms with Crippen LogP contribution in [0.25, 0.3) is 0 Å². The van der Waals surface area contributed by atoms with Crippen molar-refractivity contribution in [2.45, 2.75) is 32.7 Å². The zero-order chi connectivity index (χ0) is 20.9. The number of rotatable bonds is 7. The first-order valence-corrected chi connectivity index (χ1v) is 10.9. The van der Waals surface area contributed by atoms with Crippen LogP contribution in [0.5, 0.6) is 0 Å². The van der Waals surface area contributed by atoms with E-state index >= 15 is 0 Å². The first-order chi connectivity index (χ1) is 13.2. The van der Waals surface area contributed by atoms with Crippen molar-refractivity contribution in [1.29, 1.82) is 5.26 Å². The standard InChI is InChI=1S/C20H22ClN3O3S/c1-4-18(20(25)23-17-9-6-15(7-10-17)11-12-22)24(28(3,26)27)19-13-16(21)8-5-14(19)2/h5-10,13,18H,4,11H2,1-3H3,(H,23,25). The molecule has 0 saturated carbocycles. The Bertz CT molecular complexity index is 998. The van der Waals surface area contributed by atoms with E-state index in [4.69, 9.17) is 16.9 Å². The molecular formula is C20H22ClN3O3S. The number of aryl methyl sites for hydroxylation is 1. The lowest BCUT2D eigenvalue weighted by molar-refractivity contribution is -0.117. The third kappa shape index (κ3) is 5.24. The van der Waals surface area contributed by atoms with E-state index in [0.29, 0.717) is 22.0 Å². The summed E-state index contributed by atoms with van der Waals surface area (Å²) in [5.74, 6) is -0.444. The van der Waals surface area contributed by atoms with E-state index in [9.17, 15) is 13.2 Å². The lowest BCUT2D eigenvalue weighted by Gasteiger charge is -2.31. The van der Waals surface area contributed by atoms with Gasteiger partial charge in [-0.05, 0) is 48.7 Å². The topological polar surface area (TPSA) is 90.3 Å². The van der Waals surface area contributed by atoms with Gasteiger partial charge in [-0.25, -0.2) is 8.42 Å². The average molecular weight is 420 g/mol. The summed E-state index contributed by atoms with van der Waals surface area (Å²) >= 11 is 6.06. The van der Waals surface area contributed by atoms with E-state index in [2.05, 4.69) is 11.4 Å². The molecule has 6 nitrogen and oxygen atoms in total. The first-order valence-electron chi connectivity index (χ1n) is 8.69. The van der Waals surface area contributed by atoms with Crippen molar-refractivity contribution < 1.29 is 13.2 Å². The third-order valence-corrected chi connectivity index (χ3v) is 5.64. The Balaban J connectivity index is 2.36. The van der Waals surface area contributed by atoms with Gasteiger partial charge in [0.05, 0.1) is 24.4 Å². The molecule has 0 spiro atoms. The molecule has 0 saturated heterocycles. The molecule has 1 N–H and O–H groups in total. The number of carbonyl (C=O) groups is 1. The second kappa shape index (κ2) is 9.09. The zero-order valence-corrected chi connectivity index (χ0v) is 17.5. The van der Waals surface area contributed by atoms with Gasteiger partial charge < -0.3 is 5.32 Å². The minimum atomic E-state index is -3.74. The van der Waals surface area contributed by atoms with E-state index in [1.165, 1.54) is 0 Å². The fourth-order valence-corrected chi connectivity index (χ4v) is 4.31. The summed E-state index contributed by atoms with van der Waals surface area (Å²) in [5, 5.41) is 11.9. The highest BCUT2D eigenvalue weighted by Crippen LogP contribution is 2.29. The summed E-state index contributed by atoms with van der Waals surface area (Å²) in [6.07, 6.45) is 1.62. The van der Waals surface area contributed by atoms with Gasteiger partial charge in [-0.3, -0.25) is 9.10 Å². The molecule has 0 aliphatic heterocycles. The Morgan fingerprint density at radius 3 is 2.43 bits per heavy atom. The van der Waals surface area contributed by atoms with Crippen LogP contribution in [0.1, 0.15) is 24.5 Å². The van der Waals surface area contributed by atoms with Crippen LogP contribution >= 0.6 is 11.6 Å². The molecule has 1 atom stereocenters. The molecule has 8 heteroatoms. The maximum absolute atomic E-state index is 12.9. The minimum absolute atomic E-state index is 0.275. The van der Waals surface area contributed by atoms with E-state index in [1.807, 2.05) is 0 Å². The van der Waals surface area contributed by atoms with Crippen molar-refractivity contribution in [3.8, 4) is 6.07 Å². The number of hydrogen-bond acceptors (Lipinski definition) is 4. The molecule has 0 bridgehead atoms. The number of nitrogens with one attached hydrogen (secondary N) is 1. The zero-order valence-electron chi connectivity index (χ0n) is 15.9. The number of nitrogens with zero attached hydrogens (tertiary/aromatic N) is 2. The average Bonchev–Trinajstić information content (AvgIpc) is 2.62. The second-order valence-electron chi connectivity index (χ2n) is 6.43. The summed E-state index contributed by atoms with van der Waals surface area (Å²) < 4.78 is 26.2. The summed E-state index contributed by atoms with van der Waals surface area (Å²) in [6.45, 7) is 3.51. The van der Waals surface area contributed by atoms with Crippen LogP contribution in [0.3, 0.4) is 0 Å². The van der Waals surface area contributed by atoms with Crippen molar-refractivity contribution in [1.82, 2.24) is 0 Å². The van der Waals surface area contributed by atoms with Gasteiger partial charge in [-0.2, -0.15) is 5.26 Å². The largest absolute Gasteiger partial charge is 0.324 e. The third-order valence-electron chi connectivity index (χ3n) is 4.24. The van der Waals surface area contributed by atoms with Crippen molar-refractivity contribution in [3.63, 3.8) is 0 Å². The summed E-state index contributed by atoms with van der Waals surface area (Å²) in [5.41, 5.74) is 2.43. The lowest BCUT2D eigenvalue weighted by Crippen LogP contribution is -2.47. The second-order valence-corrected chi connectivity index (χ2v) is 8.73. The van der Waals surface area contributed by atoms with Gasteiger partial charge in [0.25, 0.3) is 0 Å². The molecule has 0 aliphatic rings. The number of amides is 1. The van der Waals surface area contributed by atoms with Crippen molar-refractivity contribution >= 4 is 38.9 Å². The first kappa shape index (κ1) is 21.7. The van der Waals surface area contributed by atoms with Crippen LogP contribution < -0.4 is 9.62 Å². The number of hydrogen-bond donors (Lipinski definition) is 1. The molecule has 0 heterocycles. The van der Waals surface area contributed by atoms with Gasteiger partial charge in [0, 0.05) is 10.7 Å². The Morgan fingerprint density at radius 1 is 1.25 bits per heavy atom. The monoisotopic (exact) mass is 419 g/mol. The Labute approximate surface area is 170 Å². The molecule has 2 aromatic rings. The molecule has 1 amide bonds. The predicted molar refractivity (Wildman–Crippen MR) is 112 cm³/mol. The summed E-state index contributed by atoms with van der Waals surface area (Å²) in [7, 11) is -3.74. The van der Waals surface area contributed by atoms with E-state index in [0.717, 1.165) is 16.1 Å². The van der Waals surface area contributed by atoms with E-state index < -0.39 is 22.0 Å². The molecule has 148 valence electrons. The van der Waals surface area contributed by atoms with Gasteiger partial charge in [0.2, 0.25) is 15.9 Å². The lowest BCUT2D eigenvalue weighted by atomic mass is 10.1. The SMILES string of the molecule is CCC(C(=O)Nc1ccc(CC#N)cc1)N(c1cc(Cl)ccc1C)S(C)(=O)=O. The highest BCUT2D eigenvalue weighted by atomic mass is 35.5. The van der Waals surface area contributed by atoms with Crippen LogP contribution in [0.2, 0.25) is 5.02 Å². The van der Waals surface area contributed by atoms with Crippen LogP contribution in [0.15, 0.2) is 42.5 Å². The Morgan fingerprint density at radius 2 is 1.89 bits per heavy atom. The van der Waals surface area contributed by atoms with Crippen LogP contribution in [0.4, 0.5) is 11.4 Å². The summed E-state index contributed by atoms with van der Waals surface area (Å²) in [6, 6.07) is 12.9. The smallest absolute Gasteiger partial charge is 0.248 e. The fourth-order valence-electron chi connectivity index (χ4n) is 2.88. The molecule has 28 heavy (non-hydrogen) atoms. The molecule has 0 aliphatic carbocycles. The van der Waals surface area contributed by atoms with Gasteiger partial charge >= 0.3 is 0 Å². The van der Waals surface area contributed by atoms with Crippen LogP contribution in [-0.4, -0.2) is 26.6 Å². The van der Waals surface area contributed by atoms with Crippen LogP contribution in [-0.2, 0) is 21.2 Å². The maximum atomic E-state index is 12.9. The number of carbonyl (C=O) groups excluding carboxylic acids is 1. The highest BCUT2D eigenvalue weighted by Gasteiger charge is 2.32. The molecule has 0 aromatic heterocycles. The van der Waals surface area contributed by atoms with E-state index in [-0.39, 0.29) is 12.8 Å². The van der Waals surface area contributed by atoms with Crippen molar-refractivity contribution in [2.24, 2.45) is 0 Å². The normalized spacial score (nSPS) is 12.1. The fraction of sp³-hybridized carbons (Fsp3) is 0.300. The van der Waals surface area contributed by atoms with Gasteiger partial charge in [0.1, 0.15) is 6.04 Å². The number of sulfonamides is 1. The molecular weight excluding hydrogens is 398 g/mol. The minimum Gasteiger partial charge on any atom is -0.324 e. The maximum Gasteiger partial charge on any atom is 0.248 e. The number of nitriles is 1. The molecule has 0 fully saturated rings. The van der Waals surface area contributed by atoms with Gasteiger partial charge in [-0.15, -0.1) is 0 Å². The molecule has 0 radical (unpaired) electrons. The number of benzene rings is 2. The van der Waals surface area contributed by atoms with E-state index in [1.54, 1.807) is 56.3 Å². The number of halogens is 1. The van der Waals surface area contributed by atoms with Crippen LogP contribution in [0, 0.1) is 18.3 Å². The summed E-state index contributed by atoms with van der Waals surface area (Å²) in [4.78, 5) is 12.9. The Hall–Kier alpha value is -2.56. The van der Waals surface area contributed by atoms with Gasteiger partial charge in [-0.1, -0.05) is 36.7 Å². The Kier molecular flexibility index (Phi) is 7.05. The predicted octanol–water partition coefficient (Wildman–Crippen LogP) is 3.90. The van der Waals surface area contributed by atoms with Crippen molar-refractivity contribution in [3.05, 3.63) is 58.6 Å².